The van der Waals surface area contributed by atoms with Gasteiger partial charge >= 0.3 is 0 Å². The van der Waals surface area contributed by atoms with Crippen LogP contribution in [-0.2, 0) is 11.2 Å². The molecule has 0 radical (unpaired) electrons. The van der Waals surface area contributed by atoms with Gasteiger partial charge in [-0.15, -0.1) is 0 Å². The molecule has 4 nitrogen and oxygen atoms in total. The first kappa shape index (κ1) is 16.8. The van der Waals surface area contributed by atoms with Crippen molar-refractivity contribution in [1.29, 1.82) is 5.41 Å². The third-order valence-electron chi connectivity index (χ3n) is 4.18. The molecule has 1 fully saturated rings. The van der Waals surface area contributed by atoms with Crippen LogP contribution in [0.2, 0.25) is 0 Å². The van der Waals surface area contributed by atoms with E-state index >= 15 is 0 Å². The second kappa shape index (κ2) is 9.46. The molecule has 1 aliphatic rings. The van der Waals surface area contributed by atoms with Crippen LogP contribution in [-0.4, -0.2) is 32.7 Å². The van der Waals surface area contributed by atoms with Crippen LogP contribution in [0.3, 0.4) is 0 Å². The van der Waals surface area contributed by atoms with E-state index in [-0.39, 0.29) is 0 Å². The number of rotatable bonds is 8. The second-order valence-electron chi connectivity index (χ2n) is 5.96. The van der Waals surface area contributed by atoms with E-state index < -0.39 is 0 Å². The molecule has 1 heterocycles. The summed E-state index contributed by atoms with van der Waals surface area (Å²) in [6, 6.07) is 8.39. The van der Waals surface area contributed by atoms with Crippen LogP contribution in [0, 0.1) is 11.3 Å². The van der Waals surface area contributed by atoms with E-state index in [4.69, 9.17) is 14.9 Å². The first-order valence-electron chi connectivity index (χ1n) is 8.32. The monoisotopic (exact) mass is 304 g/mol. The molecule has 2 rings (SSSR count). The van der Waals surface area contributed by atoms with Crippen LogP contribution in [0.15, 0.2) is 24.3 Å². The highest BCUT2D eigenvalue weighted by Crippen LogP contribution is 2.24. The summed E-state index contributed by atoms with van der Waals surface area (Å²) in [5.74, 6) is 2.10. The Morgan fingerprint density at radius 1 is 1.32 bits per heavy atom. The van der Waals surface area contributed by atoms with Gasteiger partial charge in [0.1, 0.15) is 5.75 Å². The molecular formula is C18H28N2O2. The molecule has 0 aromatic heterocycles. The van der Waals surface area contributed by atoms with Crippen LogP contribution in [0.4, 0.5) is 0 Å². The summed E-state index contributed by atoms with van der Waals surface area (Å²) in [5.41, 5.74) is 1.32. The summed E-state index contributed by atoms with van der Waals surface area (Å²) >= 11 is 0. The summed E-state index contributed by atoms with van der Waals surface area (Å²) in [4.78, 5) is 0. The highest BCUT2D eigenvalue weighted by molar-refractivity contribution is 5.72. The maximum atomic E-state index is 7.45. The normalized spacial score (nSPS) is 18.0. The Bertz CT molecular complexity index is 456. The summed E-state index contributed by atoms with van der Waals surface area (Å²) in [5, 5.41) is 10.9. The predicted molar refractivity (Wildman–Crippen MR) is 89.8 cm³/mol. The van der Waals surface area contributed by atoms with Crippen molar-refractivity contribution in [3.63, 3.8) is 0 Å². The minimum absolute atomic E-state index is 0.352. The molecule has 0 saturated carbocycles. The van der Waals surface area contributed by atoms with Crippen LogP contribution in [0.1, 0.15) is 37.7 Å². The Hall–Kier alpha value is -1.55. The van der Waals surface area contributed by atoms with Crippen molar-refractivity contribution in [3.8, 4) is 5.75 Å². The zero-order valence-electron chi connectivity index (χ0n) is 13.6. The van der Waals surface area contributed by atoms with E-state index in [2.05, 4.69) is 23.5 Å². The highest BCUT2D eigenvalue weighted by Gasteiger charge is 2.15. The van der Waals surface area contributed by atoms with E-state index in [1.807, 2.05) is 6.07 Å². The first-order chi connectivity index (χ1) is 10.8. The summed E-state index contributed by atoms with van der Waals surface area (Å²) in [6.07, 6.45) is 6.25. The summed E-state index contributed by atoms with van der Waals surface area (Å²) in [7, 11) is 1.55. The zero-order valence-corrected chi connectivity index (χ0v) is 13.6. The van der Waals surface area contributed by atoms with Crippen molar-refractivity contribution in [2.75, 3.05) is 26.8 Å². The number of benzene rings is 1. The van der Waals surface area contributed by atoms with Crippen LogP contribution in [0.5, 0.6) is 5.75 Å². The predicted octanol–water partition coefficient (Wildman–Crippen LogP) is 3.40. The standard InChI is InChI=1S/C18H28N2O2/c1-21-18(19)10-4-5-12-22-17-9-3-2-8-16(17)13-15-7-6-11-20-14-15/h2-3,8-9,15,19-20H,4-7,10-14H2,1H3. The molecule has 1 saturated heterocycles. The van der Waals surface area contributed by atoms with Gasteiger partial charge in [0.15, 0.2) is 5.90 Å². The van der Waals surface area contributed by atoms with Gasteiger partial charge in [0.05, 0.1) is 13.7 Å². The van der Waals surface area contributed by atoms with Crippen molar-refractivity contribution in [3.05, 3.63) is 29.8 Å². The fourth-order valence-corrected chi connectivity index (χ4v) is 2.89. The van der Waals surface area contributed by atoms with Gasteiger partial charge in [-0.1, -0.05) is 18.2 Å². The summed E-state index contributed by atoms with van der Waals surface area (Å²) < 4.78 is 10.8. The number of hydrogen-bond donors (Lipinski definition) is 2. The van der Waals surface area contributed by atoms with Gasteiger partial charge in [-0.25, -0.2) is 0 Å². The highest BCUT2D eigenvalue weighted by atomic mass is 16.5. The number of para-hydroxylation sites is 1. The van der Waals surface area contributed by atoms with Crippen LogP contribution in [0.25, 0.3) is 0 Å². The van der Waals surface area contributed by atoms with Gasteiger partial charge < -0.3 is 14.8 Å². The van der Waals surface area contributed by atoms with Gasteiger partial charge in [0, 0.05) is 6.42 Å². The lowest BCUT2D eigenvalue weighted by molar-refractivity contribution is 0.297. The average Bonchev–Trinajstić information content (AvgIpc) is 2.56. The molecule has 0 bridgehead atoms. The number of hydrogen-bond acceptors (Lipinski definition) is 4. The minimum atomic E-state index is 0.352. The van der Waals surface area contributed by atoms with E-state index in [0.717, 1.165) is 44.0 Å². The Morgan fingerprint density at radius 2 is 2.18 bits per heavy atom. The van der Waals surface area contributed by atoms with E-state index in [1.165, 1.54) is 18.4 Å². The number of unbranched alkanes of at least 4 members (excludes halogenated alkanes) is 1. The third kappa shape index (κ3) is 5.68. The molecule has 1 aliphatic heterocycles. The SMILES string of the molecule is COC(=N)CCCCOc1ccccc1CC1CCCNC1. The molecule has 0 aliphatic carbocycles. The topological polar surface area (TPSA) is 54.3 Å². The molecule has 4 heteroatoms. The quantitative estimate of drug-likeness (QED) is 0.440. The van der Waals surface area contributed by atoms with Gasteiger partial charge in [-0.3, -0.25) is 5.41 Å². The van der Waals surface area contributed by atoms with Crippen molar-refractivity contribution in [1.82, 2.24) is 5.32 Å². The molecule has 122 valence electrons. The lowest BCUT2D eigenvalue weighted by atomic mass is 9.92. The molecule has 0 amide bonds. The Labute approximate surface area is 133 Å². The van der Waals surface area contributed by atoms with Gasteiger partial charge in [0.25, 0.3) is 0 Å². The average molecular weight is 304 g/mol. The van der Waals surface area contributed by atoms with Crippen LogP contribution >= 0.6 is 0 Å². The lowest BCUT2D eigenvalue weighted by Gasteiger charge is -2.23. The fraction of sp³-hybridized carbons (Fsp3) is 0.611. The van der Waals surface area contributed by atoms with Gasteiger partial charge in [-0.05, 0) is 62.7 Å². The van der Waals surface area contributed by atoms with Crippen molar-refractivity contribution in [2.45, 2.75) is 38.5 Å². The third-order valence-corrected chi connectivity index (χ3v) is 4.18. The molecule has 1 atom stereocenters. The van der Waals surface area contributed by atoms with Crippen molar-refractivity contribution < 1.29 is 9.47 Å². The van der Waals surface area contributed by atoms with Crippen LogP contribution < -0.4 is 10.1 Å². The van der Waals surface area contributed by atoms with Gasteiger partial charge in [-0.2, -0.15) is 0 Å². The fourth-order valence-electron chi connectivity index (χ4n) is 2.89. The van der Waals surface area contributed by atoms with Gasteiger partial charge in [0.2, 0.25) is 0 Å². The lowest BCUT2D eigenvalue weighted by Crippen LogP contribution is -2.30. The largest absolute Gasteiger partial charge is 0.493 e. The molecule has 0 spiro atoms. The van der Waals surface area contributed by atoms with E-state index in [1.54, 1.807) is 7.11 Å². The number of ether oxygens (including phenoxy) is 2. The number of piperidine rings is 1. The first-order valence-corrected chi connectivity index (χ1v) is 8.32. The molecule has 22 heavy (non-hydrogen) atoms. The second-order valence-corrected chi connectivity index (χ2v) is 5.96. The molecule has 1 aromatic carbocycles. The molecule has 2 N–H and O–H groups in total. The maximum Gasteiger partial charge on any atom is 0.180 e. The Morgan fingerprint density at radius 3 is 2.95 bits per heavy atom. The van der Waals surface area contributed by atoms with E-state index in [9.17, 15) is 0 Å². The molecular weight excluding hydrogens is 276 g/mol. The Kier molecular flexibility index (Phi) is 7.23. The Balaban J connectivity index is 1.76. The molecule has 1 aromatic rings. The maximum absolute atomic E-state index is 7.45. The minimum Gasteiger partial charge on any atom is -0.493 e. The smallest absolute Gasteiger partial charge is 0.180 e. The molecule has 1 unspecified atom stereocenters. The van der Waals surface area contributed by atoms with Crippen molar-refractivity contribution in [2.24, 2.45) is 5.92 Å². The van der Waals surface area contributed by atoms with E-state index in [0.29, 0.717) is 18.9 Å². The number of nitrogens with one attached hydrogen (secondary N) is 2. The van der Waals surface area contributed by atoms with Crippen molar-refractivity contribution >= 4 is 5.90 Å². The summed E-state index contributed by atoms with van der Waals surface area (Å²) in [6.45, 7) is 2.98. The zero-order chi connectivity index (χ0) is 15.6. The number of methoxy groups -OCH3 is 1.